The number of hydrogen-bond acceptors (Lipinski definition) is 2. The molecule has 0 aliphatic carbocycles. The number of thiocarbonyl (C=S) groups is 1. The van der Waals surface area contributed by atoms with Gasteiger partial charge in [-0.3, -0.25) is 4.79 Å². The van der Waals surface area contributed by atoms with Crippen molar-refractivity contribution in [1.82, 2.24) is 0 Å². The maximum atomic E-state index is 13.1. The quantitative estimate of drug-likeness (QED) is 0.763. The van der Waals surface area contributed by atoms with E-state index in [0.29, 0.717) is 11.3 Å². The highest BCUT2D eigenvalue weighted by molar-refractivity contribution is 7.80. The Morgan fingerprint density at radius 2 is 1.62 bits per heavy atom. The van der Waals surface area contributed by atoms with Crippen LogP contribution < -0.4 is 16.4 Å². The SMILES string of the molecule is NC(=O)c1cccc(NC(=S)Nc2cc(F)cc(F)c2)c1. The maximum Gasteiger partial charge on any atom is 0.248 e. The molecule has 0 saturated carbocycles. The van der Waals surface area contributed by atoms with E-state index in [4.69, 9.17) is 18.0 Å². The predicted octanol–water partition coefficient (Wildman–Crippen LogP) is 2.87. The summed E-state index contributed by atoms with van der Waals surface area (Å²) in [6.45, 7) is 0. The highest BCUT2D eigenvalue weighted by Gasteiger charge is 2.05. The van der Waals surface area contributed by atoms with Crippen molar-refractivity contribution in [3.05, 3.63) is 59.7 Å². The largest absolute Gasteiger partial charge is 0.366 e. The third-order valence-electron chi connectivity index (χ3n) is 2.53. The molecule has 0 spiro atoms. The van der Waals surface area contributed by atoms with Crippen LogP contribution in [0.4, 0.5) is 20.2 Å². The molecule has 2 rings (SSSR count). The van der Waals surface area contributed by atoms with Gasteiger partial charge in [-0.1, -0.05) is 6.07 Å². The van der Waals surface area contributed by atoms with E-state index in [1.165, 1.54) is 6.07 Å². The molecule has 0 heterocycles. The molecule has 21 heavy (non-hydrogen) atoms. The highest BCUT2D eigenvalue weighted by Crippen LogP contribution is 2.14. The van der Waals surface area contributed by atoms with Crippen molar-refractivity contribution in [3.8, 4) is 0 Å². The van der Waals surface area contributed by atoms with E-state index in [0.717, 1.165) is 18.2 Å². The number of anilines is 2. The maximum absolute atomic E-state index is 13.1. The molecule has 0 atom stereocenters. The first-order valence-electron chi connectivity index (χ1n) is 5.88. The van der Waals surface area contributed by atoms with E-state index in [9.17, 15) is 13.6 Å². The molecule has 7 heteroatoms. The Hall–Kier alpha value is -2.54. The molecule has 108 valence electrons. The van der Waals surface area contributed by atoms with Crippen LogP contribution in [0.5, 0.6) is 0 Å². The van der Waals surface area contributed by atoms with Gasteiger partial charge in [-0.05, 0) is 42.5 Å². The second-order valence-corrected chi connectivity index (χ2v) is 4.59. The Kier molecular flexibility index (Phi) is 4.44. The zero-order chi connectivity index (χ0) is 15.4. The Bertz CT molecular complexity index is 686. The van der Waals surface area contributed by atoms with Gasteiger partial charge >= 0.3 is 0 Å². The van der Waals surface area contributed by atoms with Crippen molar-refractivity contribution >= 4 is 34.6 Å². The number of amides is 1. The second kappa shape index (κ2) is 6.27. The topological polar surface area (TPSA) is 67.2 Å². The molecule has 2 aromatic rings. The van der Waals surface area contributed by atoms with Gasteiger partial charge in [0.1, 0.15) is 11.6 Å². The van der Waals surface area contributed by atoms with E-state index >= 15 is 0 Å². The number of carbonyl (C=O) groups is 1. The fourth-order valence-corrected chi connectivity index (χ4v) is 1.91. The minimum absolute atomic E-state index is 0.127. The lowest BCUT2D eigenvalue weighted by Gasteiger charge is -2.11. The number of hydrogen-bond donors (Lipinski definition) is 3. The number of nitrogens with two attached hydrogens (primary N) is 1. The van der Waals surface area contributed by atoms with Crippen LogP contribution in [0.15, 0.2) is 42.5 Å². The summed E-state index contributed by atoms with van der Waals surface area (Å²) in [6.07, 6.45) is 0. The van der Waals surface area contributed by atoms with Crippen LogP contribution in [0, 0.1) is 11.6 Å². The first-order valence-corrected chi connectivity index (χ1v) is 6.29. The lowest BCUT2D eigenvalue weighted by Crippen LogP contribution is -2.20. The Balaban J connectivity index is 2.08. The molecule has 0 bridgehead atoms. The molecule has 0 fully saturated rings. The summed E-state index contributed by atoms with van der Waals surface area (Å²) in [6, 6.07) is 9.36. The van der Waals surface area contributed by atoms with Gasteiger partial charge in [0.05, 0.1) is 0 Å². The van der Waals surface area contributed by atoms with E-state index in [1.807, 2.05) is 0 Å². The average molecular weight is 307 g/mol. The minimum Gasteiger partial charge on any atom is -0.366 e. The van der Waals surface area contributed by atoms with Gasteiger partial charge in [0.25, 0.3) is 0 Å². The minimum atomic E-state index is -0.712. The van der Waals surface area contributed by atoms with Crippen LogP contribution >= 0.6 is 12.2 Å². The molecule has 2 aromatic carbocycles. The van der Waals surface area contributed by atoms with Crippen molar-refractivity contribution in [3.63, 3.8) is 0 Å². The van der Waals surface area contributed by atoms with Crippen LogP contribution in [0.3, 0.4) is 0 Å². The molecule has 0 aliphatic rings. The van der Waals surface area contributed by atoms with Crippen molar-refractivity contribution in [2.75, 3.05) is 10.6 Å². The molecule has 0 radical (unpaired) electrons. The molecule has 4 nitrogen and oxygen atoms in total. The summed E-state index contributed by atoms with van der Waals surface area (Å²) in [4.78, 5) is 11.1. The van der Waals surface area contributed by atoms with Gasteiger partial charge in [0.2, 0.25) is 5.91 Å². The van der Waals surface area contributed by atoms with Gasteiger partial charge in [-0.15, -0.1) is 0 Å². The van der Waals surface area contributed by atoms with Gasteiger partial charge < -0.3 is 16.4 Å². The third-order valence-corrected chi connectivity index (χ3v) is 2.73. The van der Waals surface area contributed by atoms with Gasteiger partial charge in [-0.25, -0.2) is 8.78 Å². The summed E-state index contributed by atoms with van der Waals surface area (Å²) in [5, 5.41) is 5.56. The lowest BCUT2D eigenvalue weighted by molar-refractivity contribution is 0.100. The van der Waals surface area contributed by atoms with Gasteiger partial charge in [0.15, 0.2) is 5.11 Å². The fourth-order valence-electron chi connectivity index (χ4n) is 1.67. The first-order chi connectivity index (χ1) is 9.94. The molecule has 4 N–H and O–H groups in total. The number of halogens is 2. The normalized spacial score (nSPS) is 10.0. The fraction of sp³-hybridized carbons (Fsp3) is 0. The van der Waals surface area contributed by atoms with E-state index < -0.39 is 17.5 Å². The van der Waals surface area contributed by atoms with E-state index in [-0.39, 0.29) is 10.8 Å². The highest BCUT2D eigenvalue weighted by atomic mass is 32.1. The third kappa shape index (κ3) is 4.22. The zero-order valence-corrected chi connectivity index (χ0v) is 11.5. The summed E-state index contributed by atoms with van der Waals surface area (Å²) in [7, 11) is 0. The molecule has 0 aromatic heterocycles. The van der Waals surface area contributed by atoms with Crippen molar-refractivity contribution in [2.45, 2.75) is 0 Å². The number of nitrogens with one attached hydrogen (secondary N) is 2. The smallest absolute Gasteiger partial charge is 0.248 e. The van der Waals surface area contributed by atoms with Crippen LogP contribution in [0.2, 0.25) is 0 Å². The molecule has 0 aliphatic heterocycles. The Morgan fingerprint density at radius 3 is 2.24 bits per heavy atom. The van der Waals surface area contributed by atoms with Gasteiger partial charge in [-0.2, -0.15) is 0 Å². The Labute approximate surface area is 125 Å². The Morgan fingerprint density at radius 1 is 1.00 bits per heavy atom. The molecular formula is C14H11F2N3OS. The summed E-state index contributed by atoms with van der Waals surface area (Å²) in [5.41, 5.74) is 6.20. The molecule has 0 saturated heterocycles. The first kappa shape index (κ1) is 14.9. The van der Waals surface area contributed by atoms with Crippen molar-refractivity contribution in [2.24, 2.45) is 5.73 Å². The van der Waals surface area contributed by atoms with Crippen LogP contribution in [-0.2, 0) is 0 Å². The zero-order valence-electron chi connectivity index (χ0n) is 10.7. The number of rotatable bonds is 3. The standard InChI is InChI=1S/C14H11F2N3OS/c15-9-5-10(16)7-12(6-9)19-14(21)18-11-3-1-2-8(4-11)13(17)20/h1-7H,(H2,17,20)(H2,18,19,21). The van der Waals surface area contributed by atoms with Crippen molar-refractivity contribution in [1.29, 1.82) is 0 Å². The monoisotopic (exact) mass is 307 g/mol. The molecular weight excluding hydrogens is 296 g/mol. The average Bonchev–Trinajstić information content (AvgIpc) is 2.37. The summed E-state index contributed by atoms with van der Waals surface area (Å²) >= 11 is 5.03. The molecule has 1 amide bonds. The van der Waals surface area contributed by atoms with Crippen molar-refractivity contribution < 1.29 is 13.6 Å². The predicted molar refractivity (Wildman–Crippen MR) is 81.2 cm³/mol. The van der Waals surface area contributed by atoms with Gasteiger partial charge in [0, 0.05) is 23.0 Å². The van der Waals surface area contributed by atoms with Crippen LogP contribution in [0.1, 0.15) is 10.4 Å². The van der Waals surface area contributed by atoms with E-state index in [1.54, 1.807) is 18.2 Å². The lowest BCUT2D eigenvalue weighted by atomic mass is 10.2. The second-order valence-electron chi connectivity index (χ2n) is 4.18. The number of benzene rings is 2. The number of primary amides is 1. The van der Waals surface area contributed by atoms with Crippen LogP contribution in [0.25, 0.3) is 0 Å². The summed E-state index contributed by atoms with van der Waals surface area (Å²) in [5.74, 6) is -1.99. The number of carbonyl (C=O) groups excluding carboxylic acids is 1. The summed E-state index contributed by atoms with van der Waals surface area (Å²) < 4.78 is 26.1. The van der Waals surface area contributed by atoms with Crippen LogP contribution in [-0.4, -0.2) is 11.0 Å². The molecule has 0 unspecified atom stereocenters. The van der Waals surface area contributed by atoms with E-state index in [2.05, 4.69) is 10.6 Å².